The molecule has 0 amide bonds. The molecule has 0 saturated carbocycles. The lowest BCUT2D eigenvalue weighted by Gasteiger charge is -2.00. The fourth-order valence-corrected chi connectivity index (χ4v) is 1.51. The van der Waals surface area contributed by atoms with Gasteiger partial charge in [0.25, 0.3) is 0 Å². The highest BCUT2D eigenvalue weighted by Crippen LogP contribution is 2.10. The van der Waals surface area contributed by atoms with Crippen LogP contribution in [0.4, 0.5) is 0 Å². The minimum Gasteiger partial charge on any atom is -0.387 e. The van der Waals surface area contributed by atoms with Crippen LogP contribution >= 0.6 is 0 Å². The summed E-state index contributed by atoms with van der Waals surface area (Å²) in [4.78, 5) is 4.19. The normalized spacial score (nSPS) is 10.6. The molecule has 2 aromatic heterocycles. The van der Waals surface area contributed by atoms with Gasteiger partial charge in [0, 0.05) is 12.6 Å². The third-order valence-corrected chi connectivity index (χ3v) is 2.18. The van der Waals surface area contributed by atoms with Crippen LogP contribution in [0.1, 0.15) is 11.3 Å². The molecule has 3 N–H and O–H groups in total. The minimum atomic E-state index is 0.182. The second kappa shape index (κ2) is 3.14. The van der Waals surface area contributed by atoms with Crippen LogP contribution in [0.25, 0.3) is 5.52 Å². The summed E-state index contributed by atoms with van der Waals surface area (Å²) in [6, 6.07) is 3.98. The first-order valence-electron chi connectivity index (χ1n) is 4.42. The Balaban J connectivity index is 2.46. The third-order valence-electron chi connectivity index (χ3n) is 2.18. The second-order valence-electron chi connectivity index (χ2n) is 3.36. The molecule has 0 aliphatic rings. The van der Waals surface area contributed by atoms with Gasteiger partial charge in [-0.3, -0.25) is 5.41 Å². The summed E-state index contributed by atoms with van der Waals surface area (Å²) in [7, 11) is 0. The van der Waals surface area contributed by atoms with E-state index >= 15 is 0 Å². The standard InChI is InChI=1S/C10H12N4/c1-7-9-3-2-8(4-10(11)12)5-14(9)6-13-7/h2-3,5-6H,4H2,1H3,(H3,11,12). The highest BCUT2D eigenvalue weighted by molar-refractivity contribution is 5.79. The predicted molar refractivity (Wildman–Crippen MR) is 55.5 cm³/mol. The zero-order valence-corrected chi connectivity index (χ0v) is 7.99. The van der Waals surface area contributed by atoms with Crippen molar-refractivity contribution in [1.82, 2.24) is 9.38 Å². The lowest BCUT2D eigenvalue weighted by atomic mass is 10.2. The van der Waals surface area contributed by atoms with E-state index < -0.39 is 0 Å². The van der Waals surface area contributed by atoms with Crippen LogP contribution in [0, 0.1) is 12.3 Å². The first kappa shape index (κ1) is 8.74. The fourth-order valence-electron chi connectivity index (χ4n) is 1.51. The molecule has 0 atom stereocenters. The summed E-state index contributed by atoms with van der Waals surface area (Å²) >= 11 is 0. The summed E-state index contributed by atoms with van der Waals surface area (Å²) < 4.78 is 1.95. The van der Waals surface area contributed by atoms with Crippen LogP contribution in [0.2, 0.25) is 0 Å². The molecule has 0 saturated heterocycles. The molecular formula is C10H12N4. The van der Waals surface area contributed by atoms with Crippen LogP contribution in [-0.4, -0.2) is 15.2 Å². The summed E-state index contributed by atoms with van der Waals surface area (Å²) in [5, 5.41) is 7.20. The zero-order chi connectivity index (χ0) is 10.1. The number of pyridine rings is 1. The molecule has 2 heterocycles. The van der Waals surface area contributed by atoms with Crippen molar-refractivity contribution >= 4 is 11.4 Å². The van der Waals surface area contributed by atoms with Crippen LogP contribution in [0.3, 0.4) is 0 Å². The number of nitrogens with one attached hydrogen (secondary N) is 1. The maximum Gasteiger partial charge on any atom is 0.0995 e. The lowest BCUT2D eigenvalue weighted by molar-refractivity contribution is 1.11. The molecule has 0 aliphatic carbocycles. The van der Waals surface area contributed by atoms with Gasteiger partial charge in [-0.1, -0.05) is 6.07 Å². The van der Waals surface area contributed by atoms with Crippen molar-refractivity contribution in [2.24, 2.45) is 5.73 Å². The quantitative estimate of drug-likeness (QED) is 0.547. The number of nitrogens with two attached hydrogens (primary N) is 1. The van der Waals surface area contributed by atoms with Gasteiger partial charge in [-0.05, 0) is 18.6 Å². The van der Waals surface area contributed by atoms with Gasteiger partial charge in [-0.25, -0.2) is 4.98 Å². The lowest BCUT2D eigenvalue weighted by Crippen LogP contribution is -2.12. The first-order valence-corrected chi connectivity index (χ1v) is 4.42. The Morgan fingerprint density at radius 1 is 1.57 bits per heavy atom. The Bertz CT molecular complexity index is 484. The summed E-state index contributed by atoms with van der Waals surface area (Å²) in [5.74, 6) is 0.182. The van der Waals surface area contributed by atoms with E-state index in [-0.39, 0.29) is 5.84 Å². The van der Waals surface area contributed by atoms with Gasteiger partial charge in [-0.15, -0.1) is 0 Å². The van der Waals surface area contributed by atoms with Gasteiger partial charge in [0.05, 0.1) is 23.4 Å². The molecule has 0 unspecified atom stereocenters. The second-order valence-corrected chi connectivity index (χ2v) is 3.36. The molecule has 2 rings (SSSR count). The Morgan fingerprint density at radius 3 is 3.07 bits per heavy atom. The van der Waals surface area contributed by atoms with Crippen LogP contribution in [0.15, 0.2) is 24.7 Å². The number of rotatable bonds is 2. The smallest absolute Gasteiger partial charge is 0.0995 e. The number of aromatic nitrogens is 2. The van der Waals surface area contributed by atoms with Crippen molar-refractivity contribution < 1.29 is 0 Å². The van der Waals surface area contributed by atoms with Crippen molar-refractivity contribution in [3.05, 3.63) is 35.9 Å². The van der Waals surface area contributed by atoms with Gasteiger partial charge in [0.15, 0.2) is 0 Å². The highest BCUT2D eigenvalue weighted by atomic mass is 15.0. The van der Waals surface area contributed by atoms with Crippen molar-refractivity contribution in [2.45, 2.75) is 13.3 Å². The van der Waals surface area contributed by atoms with Crippen LogP contribution < -0.4 is 5.73 Å². The average molecular weight is 188 g/mol. The number of fused-ring (bicyclic) bond motifs is 1. The zero-order valence-electron chi connectivity index (χ0n) is 7.99. The van der Waals surface area contributed by atoms with Gasteiger partial charge >= 0.3 is 0 Å². The molecular weight excluding hydrogens is 176 g/mol. The van der Waals surface area contributed by atoms with Crippen molar-refractivity contribution in [3.8, 4) is 0 Å². The largest absolute Gasteiger partial charge is 0.387 e. The van der Waals surface area contributed by atoms with Gasteiger partial charge in [-0.2, -0.15) is 0 Å². The SMILES string of the molecule is Cc1ncn2cc(CC(=N)N)ccc12. The average Bonchev–Trinajstić information content (AvgIpc) is 2.46. The molecule has 14 heavy (non-hydrogen) atoms. The van der Waals surface area contributed by atoms with E-state index in [1.165, 1.54) is 0 Å². The Hall–Kier alpha value is -1.84. The Labute approximate surface area is 81.9 Å². The number of hydrogen-bond donors (Lipinski definition) is 2. The fraction of sp³-hybridized carbons (Fsp3) is 0.200. The van der Waals surface area contributed by atoms with E-state index in [9.17, 15) is 0 Å². The molecule has 0 fully saturated rings. The molecule has 0 aliphatic heterocycles. The third kappa shape index (κ3) is 1.46. The molecule has 2 aromatic rings. The Morgan fingerprint density at radius 2 is 2.36 bits per heavy atom. The van der Waals surface area contributed by atoms with Gasteiger partial charge in [0.1, 0.15) is 0 Å². The number of amidine groups is 1. The summed E-state index contributed by atoms with van der Waals surface area (Å²) in [6.45, 7) is 1.97. The van der Waals surface area contributed by atoms with Crippen molar-refractivity contribution in [3.63, 3.8) is 0 Å². The molecule has 0 aromatic carbocycles. The molecule has 4 nitrogen and oxygen atoms in total. The highest BCUT2D eigenvalue weighted by Gasteiger charge is 2.00. The topological polar surface area (TPSA) is 67.2 Å². The van der Waals surface area contributed by atoms with Crippen molar-refractivity contribution in [1.29, 1.82) is 5.41 Å². The van der Waals surface area contributed by atoms with Gasteiger partial charge < -0.3 is 10.1 Å². The molecule has 72 valence electrons. The molecule has 0 bridgehead atoms. The minimum absolute atomic E-state index is 0.182. The van der Waals surface area contributed by atoms with Crippen molar-refractivity contribution in [2.75, 3.05) is 0 Å². The van der Waals surface area contributed by atoms with Crippen LogP contribution in [-0.2, 0) is 6.42 Å². The van der Waals surface area contributed by atoms with E-state index in [0.717, 1.165) is 16.8 Å². The molecule has 0 radical (unpaired) electrons. The molecule has 0 spiro atoms. The maximum absolute atomic E-state index is 7.20. The van der Waals surface area contributed by atoms with Gasteiger partial charge in [0.2, 0.25) is 0 Å². The van der Waals surface area contributed by atoms with E-state index in [0.29, 0.717) is 6.42 Å². The molecule has 4 heteroatoms. The number of imidazole rings is 1. The van der Waals surface area contributed by atoms with E-state index in [1.807, 2.05) is 29.7 Å². The monoisotopic (exact) mass is 188 g/mol. The number of aryl methyl sites for hydroxylation is 1. The van der Waals surface area contributed by atoms with E-state index in [2.05, 4.69) is 4.98 Å². The summed E-state index contributed by atoms with van der Waals surface area (Å²) in [5.41, 5.74) is 8.47. The Kier molecular flexibility index (Phi) is 1.96. The maximum atomic E-state index is 7.20. The first-order chi connectivity index (χ1) is 6.66. The summed E-state index contributed by atoms with van der Waals surface area (Å²) in [6.07, 6.45) is 4.22. The van der Waals surface area contributed by atoms with E-state index in [4.69, 9.17) is 11.1 Å². The number of hydrogen-bond acceptors (Lipinski definition) is 2. The predicted octanol–water partition coefficient (Wildman–Crippen LogP) is 1.12. The van der Waals surface area contributed by atoms with E-state index in [1.54, 1.807) is 6.33 Å². The van der Waals surface area contributed by atoms with Crippen LogP contribution in [0.5, 0.6) is 0 Å². The number of nitrogens with zero attached hydrogens (tertiary/aromatic N) is 2.